The maximum absolute atomic E-state index is 13.1. The van der Waals surface area contributed by atoms with Gasteiger partial charge in [0.15, 0.2) is 0 Å². The summed E-state index contributed by atoms with van der Waals surface area (Å²) in [5.41, 5.74) is 1.28. The van der Waals surface area contributed by atoms with Crippen LogP contribution in [0.3, 0.4) is 0 Å². The van der Waals surface area contributed by atoms with Crippen LogP contribution in [0.25, 0.3) is 11.5 Å². The van der Waals surface area contributed by atoms with E-state index in [-0.39, 0.29) is 5.82 Å². The first-order valence-electron chi connectivity index (χ1n) is 9.84. The van der Waals surface area contributed by atoms with Crippen molar-refractivity contribution in [2.75, 3.05) is 13.6 Å². The molecule has 26 heavy (non-hydrogen) atoms. The highest BCUT2D eigenvalue weighted by Crippen LogP contribution is 2.60. The molecular weight excluding hydrogens is 329 g/mol. The molecular formula is C21H26FN3O. The van der Waals surface area contributed by atoms with Crippen LogP contribution in [0.2, 0.25) is 0 Å². The van der Waals surface area contributed by atoms with Crippen molar-refractivity contribution >= 4 is 0 Å². The molecule has 1 aromatic carbocycles. The summed E-state index contributed by atoms with van der Waals surface area (Å²) in [4.78, 5) is 2.36. The molecule has 0 saturated heterocycles. The molecule has 4 fully saturated rings. The quantitative estimate of drug-likeness (QED) is 0.791. The van der Waals surface area contributed by atoms with Gasteiger partial charge in [0.2, 0.25) is 11.8 Å². The molecule has 6 rings (SSSR count). The summed E-state index contributed by atoms with van der Waals surface area (Å²) in [5.74, 6) is 3.76. The van der Waals surface area contributed by atoms with Crippen LogP contribution in [0.1, 0.15) is 44.4 Å². The molecule has 4 aliphatic carbocycles. The maximum Gasteiger partial charge on any atom is 0.247 e. The Hall–Kier alpha value is -1.75. The number of hydrogen-bond donors (Lipinski definition) is 0. The van der Waals surface area contributed by atoms with Crippen LogP contribution in [0, 0.1) is 29.0 Å². The van der Waals surface area contributed by atoms with Gasteiger partial charge in [0.1, 0.15) is 5.82 Å². The van der Waals surface area contributed by atoms with Crippen LogP contribution in [0.15, 0.2) is 28.7 Å². The Bertz CT molecular complexity index is 750. The molecule has 0 atom stereocenters. The molecule has 0 amide bonds. The molecule has 0 radical (unpaired) electrons. The molecule has 0 unspecified atom stereocenters. The third-order valence-electron chi connectivity index (χ3n) is 6.73. The van der Waals surface area contributed by atoms with Gasteiger partial charge in [0, 0.05) is 12.1 Å². The van der Waals surface area contributed by atoms with Gasteiger partial charge in [0.25, 0.3) is 0 Å². The summed E-state index contributed by atoms with van der Waals surface area (Å²) in [6.07, 6.45) is 8.67. The van der Waals surface area contributed by atoms with E-state index in [1.165, 1.54) is 50.7 Å². The molecule has 0 aliphatic heterocycles. The van der Waals surface area contributed by atoms with Crippen molar-refractivity contribution in [1.82, 2.24) is 15.1 Å². The zero-order valence-electron chi connectivity index (χ0n) is 15.3. The lowest BCUT2D eigenvalue weighted by Crippen LogP contribution is -2.50. The molecule has 4 saturated carbocycles. The van der Waals surface area contributed by atoms with Gasteiger partial charge in [-0.25, -0.2) is 4.39 Å². The lowest BCUT2D eigenvalue weighted by atomic mass is 9.49. The third-order valence-corrected chi connectivity index (χ3v) is 6.73. The highest BCUT2D eigenvalue weighted by atomic mass is 19.1. The van der Waals surface area contributed by atoms with Gasteiger partial charge in [-0.3, -0.25) is 4.90 Å². The van der Waals surface area contributed by atoms with E-state index >= 15 is 0 Å². The van der Waals surface area contributed by atoms with Gasteiger partial charge < -0.3 is 4.42 Å². The molecule has 4 aliphatic rings. The van der Waals surface area contributed by atoms with E-state index in [9.17, 15) is 4.39 Å². The summed E-state index contributed by atoms with van der Waals surface area (Å²) in [6.45, 7) is 1.81. The Morgan fingerprint density at radius 2 is 1.65 bits per heavy atom. The first kappa shape index (κ1) is 16.4. The SMILES string of the molecule is CN(Cc1nnc(-c2ccc(F)cc2)o1)CC12CC3CC(CC(C3)C1)C2. The van der Waals surface area contributed by atoms with Crippen molar-refractivity contribution < 1.29 is 8.81 Å². The predicted molar refractivity (Wildman–Crippen MR) is 96.6 cm³/mol. The van der Waals surface area contributed by atoms with E-state index < -0.39 is 0 Å². The zero-order valence-corrected chi connectivity index (χ0v) is 15.3. The summed E-state index contributed by atoms with van der Waals surface area (Å²) < 4.78 is 18.9. The number of aromatic nitrogens is 2. The maximum atomic E-state index is 13.1. The first-order valence-corrected chi connectivity index (χ1v) is 9.84. The van der Waals surface area contributed by atoms with Crippen molar-refractivity contribution in [2.45, 2.75) is 45.1 Å². The fraction of sp³-hybridized carbons (Fsp3) is 0.619. The highest BCUT2D eigenvalue weighted by Gasteiger charge is 2.51. The number of halogens is 1. The minimum Gasteiger partial charge on any atom is -0.419 e. The van der Waals surface area contributed by atoms with Crippen LogP contribution in [0.5, 0.6) is 0 Å². The molecule has 2 aromatic rings. The number of rotatable bonds is 5. The summed E-state index contributed by atoms with van der Waals surface area (Å²) in [6, 6.07) is 6.17. The van der Waals surface area contributed by atoms with Crippen molar-refractivity contribution in [2.24, 2.45) is 23.2 Å². The normalized spacial score (nSPS) is 32.5. The van der Waals surface area contributed by atoms with E-state index in [2.05, 4.69) is 22.1 Å². The molecule has 4 bridgehead atoms. The minimum atomic E-state index is -0.260. The van der Waals surface area contributed by atoms with Crippen LogP contribution in [-0.4, -0.2) is 28.7 Å². The van der Waals surface area contributed by atoms with Crippen LogP contribution in [-0.2, 0) is 6.54 Å². The fourth-order valence-electron chi connectivity index (χ4n) is 6.37. The summed E-state index contributed by atoms with van der Waals surface area (Å²) >= 11 is 0. The van der Waals surface area contributed by atoms with Gasteiger partial charge in [-0.05, 0) is 93.0 Å². The zero-order chi connectivity index (χ0) is 17.7. The van der Waals surface area contributed by atoms with Crippen LogP contribution in [0.4, 0.5) is 4.39 Å². The molecule has 138 valence electrons. The Kier molecular flexibility index (Phi) is 3.89. The van der Waals surface area contributed by atoms with Gasteiger partial charge in [-0.15, -0.1) is 10.2 Å². The van der Waals surface area contributed by atoms with E-state index in [1.54, 1.807) is 12.1 Å². The predicted octanol–water partition coefficient (Wildman–Crippen LogP) is 4.52. The lowest BCUT2D eigenvalue weighted by molar-refractivity contribution is -0.0676. The monoisotopic (exact) mass is 355 g/mol. The second-order valence-electron chi connectivity index (χ2n) is 9.10. The Morgan fingerprint density at radius 1 is 1.04 bits per heavy atom. The van der Waals surface area contributed by atoms with Crippen molar-refractivity contribution in [3.05, 3.63) is 36.0 Å². The Balaban J connectivity index is 1.25. The van der Waals surface area contributed by atoms with Crippen LogP contribution >= 0.6 is 0 Å². The molecule has 0 N–H and O–H groups in total. The average Bonchev–Trinajstić information content (AvgIpc) is 3.02. The van der Waals surface area contributed by atoms with Crippen molar-refractivity contribution in [1.29, 1.82) is 0 Å². The molecule has 5 heteroatoms. The minimum absolute atomic E-state index is 0.260. The number of benzene rings is 1. The van der Waals surface area contributed by atoms with Gasteiger partial charge in [-0.1, -0.05) is 0 Å². The topological polar surface area (TPSA) is 42.2 Å². The smallest absolute Gasteiger partial charge is 0.247 e. The highest BCUT2D eigenvalue weighted by molar-refractivity contribution is 5.51. The number of nitrogens with zero attached hydrogens (tertiary/aromatic N) is 3. The van der Waals surface area contributed by atoms with Crippen molar-refractivity contribution in [3.63, 3.8) is 0 Å². The molecule has 0 spiro atoms. The van der Waals surface area contributed by atoms with Gasteiger partial charge >= 0.3 is 0 Å². The van der Waals surface area contributed by atoms with E-state index in [0.717, 1.165) is 29.9 Å². The standard InChI is InChI=1S/C21H26FN3O/c1-25(13-21-9-14-6-15(10-21)8-16(7-14)11-21)12-19-23-24-20(26-19)17-2-4-18(22)5-3-17/h2-5,14-16H,6-13H2,1H3. The summed E-state index contributed by atoms with van der Waals surface area (Å²) in [5, 5.41) is 8.33. The van der Waals surface area contributed by atoms with E-state index in [0.29, 0.717) is 23.7 Å². The summed E-state index contributed by atoms with van der Waals surface area (Å²) in [7, 11) is 2.17. The van der Waals surface area contributed by atoms with Gasteiger partial charge in [-0.2, -0.15) is 0 Å². The second kappa shape index (κ2) is 6.15. The second-order valence-corrected chi connectivity index (χ2v) is 9.10. The van der Waals surface area contributed by atoms with E-state index in [1.807, 2.05) is 0 Å². The largest absolute Gasteiger partial charge is 0.419 e. The van der Waals surface area contributed by atoms with Crippen LogP contribution < -0.4 is 0 Å². The fourth-order valence-corrected chi connectivity index (χ4v) is 6.37. The molecule has 1 heterocycles. The van der Waals surface area contributed by atoms with E-state index in [4.69, 9.17) is 4.42 Å². The average molecular weight is 355 g/mol. The molecule has 1 aromatic heterocycles. The Morgan fingerprint density at radius 3 is 2.27 bits per heavy atom. The molecule has 4 nitrogen and oxygen atoms in total. The first-order chi connectivity index (χ1) is 12.6. The van der Waals surface area contributed by atoms with Crippen molar-refractivity contribution in [3.8, 4) is 11.5 Å². The lowest BCUT2D eigenvalue weighted by Gasteiger charge is -2.57. The third kappa shape index (κ3) is 3.07. The Labute approximate surface area is 153 Å². The van der Waals surface area contributed by atoms with Gasteiger partial charge in [0.05, 0.1) is 6.54 Å². The number of hydrogen-bond acceptors (Lipinski definition) is 4.